The molecule has 2 rings (SSSR count). The number of carbonyl (C=O) groups excluding carboxylic acids is 1. The van der Waals surface area contributed by atoms with Gasteiger partial charge in [0.2, 0.25) is 0 Å². The monoisotopic (exact) mass is 380 g/mol. The van der Waals surface area contributed by atoms with Gasteiger partial charge in [-0.3, -0.25) is 14.8 Å². The quantitative estimate of drug-likeness (QED) is 0.312. The second-order valence-electron chi connectivity index (χ2n) is 7.72. The van der Waals surface area contributed by atoms with Gasteiger partial charge in [-0.05, 0) is 62.8 Å². The van der Waals surface area contributed by atoms with Crippen LogP contribution in [0.2, 0.25) is 0 Å². The van der Waals surface area contributed by atoms with Gasteiger partial charge >= 0.3 is 0 Å². The normalized spacial score (nSPS) is 10.9. The third-order valence-electron chi connectivity index (χ3n) is 5.23. The van der Waals surface area contributed by atoms with Crippen LogP contribution in [-0.2, 0) is 17.6 Å². The number of carbonyl (C=O) groups is 1. The van der Waals surface area contributed by atoms with Crippen LogP contribution in [0, 0.1) is 0 Å². The summed E-state index contributed by atoms with van der Waals surface area (Å²) in [6.07, 6.45) is 19.3. The van der Waals surface area contributed by atoms with E-state index in [9.17, 15) is 4.79 Å². The zero-order valence-corrected chi connectivity index (χ0v) is 17.3. The Labute approximate surface area is 171 Å². The van der Waals surface area contributed by atoms with Crippen LogP contribution in [0.15, 0.2) is 48.8 Å². The molecule has 152 valence electrons. The third-order valence-corrected chi connectivity index (χ3v) is 5.23. The van der Waals surface area contributed by atoms with Gasteiger partial charge in [-0.2, -0.15) is 0 Å². The molecule has 0 aliphatic heterocycles. The summed E-state index contributed by atoms with van der Waals surface area (Å²) in [6, 6.07) is 12.2. The van der Waals surface area contributed by atoms with Crippen LogP contribution in [0.5, 0.6) is 0 Å². The number of nitrogens with zero attached hydrogens (tertiary/aromatic N) is 2. The van der Waals surface area contributed by atoms with Gasteiger partial charge in [0, 0.05) is 36.6 Å². The highest BCUT2D eigenvalue weighted by Crippen LogP contribution is 2.12. The summed E-state index contributed by atoms with van der Waals surface area (Å²) in [5.74, 6) is 0.460. The van der Waals surface area contributed by atoms with E-state index >= 15 is 0 Å². The van der Waals surface area contributed by atoms with Crippen LogP contribution in [-0.4, -0.2) is 15.8 Å². The van der Waals surface area contributed by atoms with Gasteiger partial charge in [-0.25, -0.2) is 0 Å². The molecular weight excluding hydrogens is 344 g/mol. The summed E-state index contributed by atoms with van der Waals surface area (Å²) >= 11 is 0. The number of hydrogen-bond donors (Lipinski definition) is 0. The summed E-state index contributed by atoms with van der Waals surface area (Å²) in [6.45, 7) is 0. The molecule has 0 atom stereocenters. The molecule has 2 aromatic rings. The molecule has 0 bridgehead atoms. The van der Waals surface area contributed by atoms with Crippen molar-refractivity contribution >= 4 is 5.78 Å². The number of unbranched alkanes of at least 4 members (excludes halogenated alkanes) is 8. The second-order valence-corrected chi connectivity index (χ2v) is 7.72. The van der Waals surface area contributed by atoms with E-state index in [0.717, 1.165) is 38.5 Å². The van der Waals surface area contributed by atoms with Crippen LogP contribution in [0.1, 0.15) is 88.4 Å². The van der Waals surface area contributed by atoms with Gasteiger partial charge in [-0.1, -0.05) is 50.7 Å². The lowest BCUT2D eigenvalue weighted by molar-refractivity contribution is -0.119. The van der Waals surface area contributed by atoms with Crippen molar-refractivity contribution in [2.24, 2.45) is 0 Å². The molecule has 0 unspecified atom stereocenters. The average Bonchev–Trinajstić information content (AvgIpc) is 2.74. The predicted octanol–water partition coefficient (Wildman–Crippen LogP) is 6.51. The number of pyridine rings is 2. The molecule has 0 saturated heterocycles. The van der Waals surface area contributed by atoms with Gasteiger partial charge in [0.25, 0.3) is 0 Å². The second kappa shape index (κ2) is 15.0. The molecule has 3 nitrogen and oxygen atoms in total. The Hall–Kier alpha value is -2.03. The lowest BCUT2D eigenvalue weighted by atomic mass is 10.0. The van der Waals surface area contributed by atoms with E-state index in [1.165, 1.54) is 62.8 Å². The van der Waals surface area contributed by atoms with E-state index in [1.54, 1.807) is 0 Å². The molecule has 0 aromatic carbocycles. The van der Waals surface area contributed by atoms with Crippen LogP contribution >= 0.6 is 0 Å². The molecule has 0 spiro atoms. The van der Waals surface area contributed by atoms with Crippen molar-refractivity contribution in [1.82, 2.24) is 9.97 Å². The van der Waals surface area contributed by atoms with Crippen molar-refractivity contribution in [2.45, 2.75) is 89.9 Å². The van der Waals surface area contributed by atoms with E-state index in [-0.39, 0.29) is 0 Å². The fourth-order valence-corrected chi connectivity index (χ4v) is 3.53. The first-order valence-electron chi connectivity index (χ1n) is 11.2. The zero-order valence-electron chi connectivity index (χ0n) is 17.3. The van der Waals surface area contributed by atoms with Crippen LogP contribution < -0.4 is 0 Å². The fraction of sp³-hybridized carbons (Fsp3) is 0.560. The zero-order chi connectivity index (χ0) is 19.7. The van der Waals surface area contributed by atoms with Crippen LogP contribution in [0.4, 0.5) is 0 Å². The summed E-state index contributed by atoms with van der Waals surface area (Å²) in [5.41, 5.74) is 2.38. The molecule has 2 heterocycles. The van der Waals surface area contributed by atoms with Crippen molar-refractivity contribution < 1.29 is 4.79 Å². The molecule has 3 heteroatoms. The molecule has 2 aromatic heterocycles. The maximum Gasteiger partial charge on any atom is 0.132 e. The molecule has 0 saturated carbocycles. The molecule has 0 amide bonds. The Morgan fingerprint density at radius 1 is 0.571 bits per heavy atom. The van der Waals surface area contributed by atoms with Crippen LogP contribution in [0.25, 0.3) is 0 Å². The Bertz CT molecular complexity index is 572. The molecular formula is C25H36N2O. The minimum absolute atomic E-state index is 0.460. The summed E-state index contributed by atoms with van der Waals surface area (Å²) in [4.78, 5) is 20.7. The maximum atomic E-state index is 12.0. The number of rotatable bonds is 16. The number of aromatic nitrogens is 2. The number of Topliss-reactive ketones (excluding diaryl/α,β-unsaturated/α-hetero) is 1. The summed E-state index contributed by atoms with van der Waals surface area (Å²) < 4.78 is 0. The van der Waals surface area contributed by atoms with Gasteiger partial charge in [-0.15, -0.1) is 0 Å². The van der Waals surface area contributed by atoms with Gasteiger partial charge in [0.15, 0.2) is 0 Å². The van der Waals surface area contributed by atoms with E-state index in [2.05, 4.69) is 34.2 Å². The lowest BCUT2D eigenvalue weighted by Crippen LogP contribution is -1.98. The topological polar surface area (TPSA) is 42.9 Å². The van der Waals surface area contributed by atoms with E-state index < -0.39 is 0 Å². The highest BCUT2D eigenvalue weighted by Gasteiger charge is 2.02. The molecule has 0 N–H and O–H groups in total. The van der Waals surface area contributed by atoms with Crippen LogP contribution in [0.3, 0.4) is 0 Å². The Kier molecular flexibility index (Phi) is 11.9. The molecule has 0 aliphatic carbocycles. The molecule has 0 aliphatic rings. The standard InChI is InChI=1S/C25H36N2O/c28-25(19-9-5-1-3-7-15-23-17-11-13-21-26-23)20-10-6-2-4-8-16-24-18-12-14-22-27-24/h11-14,17-18,21-22H,1-10,15-16,19-20H2. The third kappa shape index (κ3) is 11.0. The minimum atomic E-state index is 0.460. The maximum absolute atomic E-state index is 12.0. The molecule has 0 radical (unpaired) electrons. The first kappa shape index (κ1) is 22.3. The number of aryl methyl sites for hydroxylation is 2. The van der Waals surface area contributed by atoms with Crippen molar-refractivity contribution in [1.29, 1.82) is 0 Å². The molecule has 0 fully saturated rings. The van der Waals surface area contributed by atoms with Crippen molar-refractivity contribution in [3.05, 3.63) is 60.2 Å². The van der Waals surface area contributed by atoms with Crippen molar-refractivity contribution in [3.63, 3.8) is 0 Å². The highest BCUT2D eigenvalue weighted by molar-refractivity contribution is 5.78. The average molecular weight is 381 g/mol. The van der Waals surface area contributed by atoms with Crippen molar-refractivity contribution in [2.75, 3.05) is 0 Å². The van der Waals surface area contributed by atoms with E-state index in [0.29, 0.717) is 5.78 Å². The minimum Gasteiger partial charge on any atom is -0.300 e. The molecule has 28 heavy (non-hydrogen) atoms. The highest BCUT2D eigenvalue weighted by atomic mass is 16.1. The van der Waals surface area contributed by atoms with E-state index in [4.69, 9.17) is 0 Å². The Morgan fingerprint density at radius 2 is 1.00 bits per heavy atom. The SMILES string of the molecule is O=C(CCCCCCCc1ccccn1)CCCCCCCc1ccccn1. The first-order chi connectivity index (χ1) is 13.8. The van der Waals surface area contributed by atoms with Gasteiger partial charge in [0.1, 0.15) is 5.78 Å². The first-order valence-corrected chi connectivity index (χ1v) is 11.2. The predicted molar refractivity (Wildman–Crippen MR) is 116 cm³/mol. The smallest absolute Gasteiger partial charge is 0.132 e. The van der Waals surface area contributed by atoms with Gasteiger partial charge < -0.3 is 0 Å². The van der Waals surface area contributed by atoms with Crippen molar-refractivity contribution in [3.8, 4) is 0 Å². The Morgan fingerprint density at radius 3 is 1.43 bits per heavy atom. The fourth-order valence-electron chi connectivity index (χ4n) is 3.53. The summed E-state index contributed by atoms with van der Waals surface area (Å²) in [7, 11) is 0. The largest absolute Gasteiger partial charge is 0.300 e. The van der Waals surface area contributed by atoms with Gasteiger partial charge in [0.05, 0.1) is 0 Å². The van der Waals surface area contributed by atoms with E-state index in [1.807, 2.05) is 24.5 Å². The summed E-state index contributed by atoms with van der Waals surface area (Å²) in [5, 5.41) is 0. The number of hydrogen-bond acceptors (Lipinski definition) is 3. The number of ketones is 1. The lowest BCUT2D eigenvalue weighted by Gasteiger charge is -2.03. The Balaban J connectivity index is 1.33.